The van der Waals surface area contributed by atoms with Gasteiger partial charge < -0.3 is 0 Å². The molecule has 0 bridgehead atoms. The first kappa shape index (κ1) is 32.9. The standard InChI is InChI=1S/C25H40N4O6SSe/c1-25(2,3)35-24(34)28-19(12-8-9-14-26)23(33)37-29-18(13-15-36-4)21(30)27-20(22(31)32)16-17-10-6-5-7-11-17/h5-7,10-11,18-20,29H,8-9,12-16,26H2,1-4H3,(H,27,30)(H,28,34)(H,31,32)/t18-,19-,20-/m0/s1. The molecule has 37 heavy (non-hydrogen) atoms. The number of ether oxygens (including phenoxy) is 1. The van der Waals surface area contributed by atoms with Crippen LogP contribution in [0.2, 0.25) is 0 Å². The molecule has 0 saturated carbocycles. The Hall–Kier alpha value is -2.11. The van der Waals surface area contributed by atoms with E-state index >= 15 is 0 Å². The van der Waals surface area contributed by atoms with Crippen LogP contribution in [0.25, 0.3) is 0 Å². The van der Waals surface area contributed by atoms with Crippen LogP contribution >= 0.6 is 11.8 Å². The molecule has 0 radical (unpaired) electrons. The van der Waals surface area contributed by atoms with Gasteiger partial charge in [0.05, 0.1) is 0 Å². The first-order chi connectivity index (χ1) is 17.5. The number of carbonyl (C=O) groups is 4. The fourth-order valence-corrected chi connectivity index (χ4v) is 5.35. The number of alkyl carbamates (subject to hydrolysis) is 1. The Labute approximate surface area is 230 Å². The molecule has 0 unspecified atom stereocenters. The monoisotopic (exact) mass is 604 g/mol. The van der Waals surface area contributed by atoms with Crippen LogP contribution in [0, 0.1) is 0 Å². The van der Waals surface area contributed by atoms with E-state index in [1.165, 1.54) is 0 Å². The van der Waals surface area contributed by atoms with Crippen LogP contribution in [0.1, 0.15) is 52.0 Å². The van der Waals surface area contributed by atoms with Gasteiger partial charge >= 0.3 is 230 Å². The molecule has 12 heteroatoms. The number of hydrogen-bond acceptors (Lipinski definition) is 8. The van der Waals surface area contributed by atoms with E-state index in [-0.39, 0.29) is 11.1 Å². The number of thioether (sulfide) groups is 1. The summed E-state index contributed by atoms with van der Waals surface area (Å²) in [5.74, 6) is -0.974. The van der Waals surface area contributed by atoms with Gasteiger partial charge in [0.2, 0.25) is 0 Å². The van der Waals surface area contributed by atoms with Crippen molar-refractivity contribution in [3.05, 3.63) is 35.9 Å². The summed E-state index contributed by atoms with van der Waals surface area (Å²) < 4.78 is 8.09. The van der Waals surface area contributed by atoms with Crippen LogP contribution in [0.4, 0.5) is 4.79 Å². The van der Waals surface area contributed by atoms with Crippen molar-refractivity contribution in [1.29, 1.82) is 0 Å². The van der Waals surface area contributed by atoms with E-state index in [1.54, 1.807) is 44.7 Å². The molecule has 6 N–H and O–H groups in total. The zero-order valence-corrected chi connectivity index (χ0v) is 24.5. The minimum atomic E-state index is -1.14. The molecular weight excluding hydrogens is 563 g/mol. The summed E-state index contributed by atoms with van der Waals surface area (Å²) in [6.07, 6.45) is 3.53. The molecule has 0 spiro atoms. The average Bonchev–Trinajstić information content (AvgIpc) is 2.82. The number of amides is 2. The number of hydrogen-bond donors (Lipinski definition) is 5. The van der Waals surface area contributed by atoms with Gasteiger partial charge in [0.25, 0.3) is 0 Å². The summed E-state index contributed by atoms with van der Waals surface area (Å²) in [5.41, 5.74) is 5.65. The number of nitrogens with two attached hydrogens (primary N) is 1. The number of benzene rings is 1. The third kappa shape index (κ3) is 14.4. The number of nitrogens with one attached hydrogen (secondary N) is 3. The Bertz CT molecular complexity index is 868. The molecule has 2 amide bonds. The zero-order chi connectivity index (χ0) is 27.8. The second-order valence-electron chi connectivity index (χ2n) is 9.45. The van der Waals surface area contributed by atoms with Crippen molar-refractivity contribution in [3.63, 3.8) is 0 Å². The van der Waals surface area contributed by atoms with Gasteiger partial charge in [-0.25, -0.2) is 0 Å². The summed E-state index contributed by atoms with van der Waals surface area (Å²) in [5, 5.41) is 14.9. The van der Waals surface area contributed by atoms with E-state index < -0.39 is 56.9 Å². The van der Waals surface area contributed by atoms with E-state index in [1.807, 2.05) is 24.5 Å². The SMILES string of the molecule is CSCC[C@H](N[Se]C(=O)[C@H](CCCCN)NC(=O)OC(C)(C)C)C(=O)N[C@@H](Cc1ccccc1)C(=O)O. The molecule has 10 nitrogen and oxygen atoms in total. The van der Waals surface area contributed by atoms with E-state index in [0.29, 0.717) is 38.0 Å². The Balaban J connectivity index is 2.86. The summed E-state index contributed by atoms with van der Waals surface area (Å²) in [6.45, 7) is 5.68. The predicted octanol–water partition coefficient (Wildman–Crippen LogP) is 1.68. The molecule has 1 rings (SSSR count). The molecule has 208 valence electrons. The van der Waals surface area contributed by atoms with Crippen LogP contribution in [-0.4, -0.2) is 85.2 Å². The second kappa shape index (κ2) is 17.4. The third-order valence-electron chi connectivity index (χ3n) is 5.05. The van der Waals surface area contributed by atoms with Crippen LogP contribution < -0.4 is 20.7 Å². The van der Waals surface area contributed by atoms with E-state index in [4.69, 9.17) is 10.5 Å². The molecule has 1 aromatic carbocycles. The average molecular weight is 604 g/mol. The summed E-state index contributed by atoms with van der Waals surface area (Å²) in [6, 6.07) is 6.43. The zero-order valence-electron chi connectivity index (χ0n) is 22.0. The summed E-state index contributed by atoms with van der Waals surface area (Å²) >= 11 is 0.697. The van der Waals surface area contributed by atoms with Crippen LogP contribution in [0.5, 0.6) is 0 Å². The Morgan fingerprint density at radius 3 is 2.27 bits per heavy atom. The summed E-state index contributed by atoms with van der Waals surface area (Å²) in [4.78, 5) is 50.2. The number of rotatable bonds is 17. The van der Waals surface area contributed by atoms with Crippen molar-refractivity contribution >= 4 is 49.6 Å². The Morgan fingerprint density at radius 2 is 1.70 bits per heavy atom. The normalized spacial score (nSPS) is 13.8. The van der Waals surface area contributed by atoms with Gasteiger partial charge in [0, 0.05) is 0 Å². The number of carbonyl (C=O) groups excluding carboxylic acids is 3. The van der Waals surface area contributed by atoms with Gasteiger partial charge in [-0.2, -0.15) is 0 Å². The van der Waals surface area contributed by atoms with Gasteiger partial charge in [-0.3, -0.25) is 0 Å². The second-order valence-corrected chi connectivity index (χ2v) is 12.2. The summed E-state index contributed by atoms with van der Waals surface area (Å²) in [7, 11) is 0. The Morgan fingerprint density at radius 1 is 1.03 bits per heavy atom. The van der Waals surface area contributed by atoms with Gasteiger partial charge in [-0.1, -0.05) is 0 Å². The van der Waals surface area contributed by atoms with E-state index in [0.717, 1.165) is 5.56 Å². The van der Waals surface area contributed by atoms with Crippen molar-refractivity contribution in [3.8, 4) is 0 Å². The fraction of sp³-hybridized carbons (Fsp3) is 0.600. The van der Waals surface area contributed by atoms with E-state index in [9.17, 15) is 24.3 Å². The first-order valence-electron chi connectivity index (χ1n) is 12.2. The molecule has 1 aromatic rings. The number of carboxylic acid groups (broad SMARTS) is 1. The molecule has 0 aromatic heterocycles. The van der Waals surface area contributed by atoms with Crippen molar-refractivity contribution in [2.24, 2.45) is 5.73 Å². The minimum absolute atomic E-state index is 0.143. The molecule has 0 aliphatic rings. The fourth-order valence-electron chi connectivity index (χ4n) is 3.19. The third-order valence-corrected chi connectivity index (χ3v) is 7.56. The molecule has 0 heterocycles. The number of carboxylic acids is 1. The molecular formula is C25H40N4O6SSe. The van der Waals surface area contributed by atoms with Gasteiger partial charge in [-0.15, -0.1) is 0 Å². The Kier molecular flexibility index (Phi) is 15.5. The molecule has 0 fully saturated rings. The van der Waals surface area contributed by atoms with Crippen LogP contribution in [0.3, 0.4) is 0 Å². The van der Waals surface area contributed by atoms with Crippen molar-refractivity contribution in [2.75, 3.05) is 18.6 Å². The van der Waals surface area contributed by atoms with Crippen molar-refractivity contribution in [1.82, 2.24) is 15.0 Å². The predicted molar refractivity (Wildman–Crippen MR) is 146 cm³/mol. The van der Waals surface area contributed by atoms with Crippen molar-refractivity contribution in [2.45, 2.75) is 76.6 Å². The number of aliphatic carboxylic acids is 1. The topological polar surface area (TPSA) is 160 Å². The van der Waals surface area contributed by atoms with Crippen LogP contribution in [0.15, 0.2) is 30.3 Å². The quantitative estimate of drug-likeness (QED) is 0.132. The maximum atomic E-state index is 13.0. The van der Waals surface area contributed by atoms with Gasteiger partial charge in [0.1, 0.15) is 0 Å². The van der Waals surface area contributed by atoms with Gasteiger partial charge in [-0.05, 0) is 0 Å². The molecule has 0 saturated heterocycles. The van der Waals surface area contributed by atoms with Gasteiger partial charge in [0.15, 0.2) is 0 Å². The van der Waals surface area contributed by atoms with Crippen molar-refractivity contribution < 1.29 is 29.0 Å². The molecule has 0 aliphatic carbocycles. The van der Waals surface area contributed by atoms with E-state index in [2.05, 4.69) is 15.0 Å². The molecule has 3 atom stereocenters. The molecule has 0 aliphatic heterocycles. The maximum absolute atomic E-state index is 13.0. The van der Waals surface area contributed by atoms with Crippen LogP contribution in [-0.2, 0) is 25.5 Å². The first-order valence-corrected chi connectivity index (χ1v) is 15.3. The number of unbranched alkanes of at least 4 members (excludes halogenated alkanes) is 1.